The molecule has 31 heavy (non-hydrogen) atoms. The summed E-state index contributed by atoms with van der Waals surface area (Å²) in [4.78, 5) is 17.3. The molecule has 0 radical (unpaired) electrons. The van der Waals surface area contributed by atoms with Crippen LogP contribution in [-0.2, 0) is 4.79 Å². The minimum atomic E-state index is -0.145. The zero-order valence-corrected chi connectivity index (χ0v) is 18.8. The van der Waals surface area contributed by atoms with Crippen molar-refractivity contribution >= 4 is 45.0 Å². The fraction of sp³-hybridized carbons (Fsp3) is 0.227. The van der Waals surface area contributed by atoms with Gasteiger partial charge in [-0.05, 0) is 49.2 Å². The lowest BCUT2D eigenvalue weighted by Crippen LogP contribution is -2.15. The summed E-state index contributed by atoms with van der Waals surface area (Å²) in [5.41, 5.74) is 4.75. The Bertz CT molecular complexity index is 1330. The highest BCUT2D eigenvalue weighted by Gasteiger charge is 2.31. The molecule has 0 spiro atoms. The first-order valence-corrected chi connectivity index (χ1v) is 11.6. The van der Waals surface area contributed by atoms with E-state index in [1.165, 1.54) is 24.4 Å². The summed E-state index contributed by atoms with van der Waals surface area (Å²) in [5, 5.41) is 18.3. The van der Waals surface area contributed by atoms with Crippen molar-refractivity contribution in [2.75, 3.05) is 18.2 Å². The number of carbonyl (C=O) groups excluding carboxylic acids is 1. The zero-order chi connectivity index (χ0) is 21.7. The second-order valence-electron chi connectivity index (χ2n) is 7.40. The molecule has 0 bridgehead atoms. The Kier molecular flexibility index (Phi) is 4.86. The molecule has 0 fully saturated rings. The third-order valence-electron chi connectivity index (χ3n) is 5.23. The van der Waals surface area contributed by atoms with Crippen LogP contribution in [0.2, 0.25) is 0 Å². The Morgan fingerprint density at radius 1 is 1.23 bits per heavy atom. The number of fused-ring (bicyclic) bond motifs is 2. The average Bonchev–Trinajstić information content (AvgIpc) is 3.24. The van der Waals surface area contributed by atoms with E-state index in [1.54, 1.807) is 22.1 Å². The smallest absolute Gasteiger partial charge is 0.235 e. The van der Waals surface area contributed by atoms with Crippen LogP contribution in [0, 0.1) is 13.8 Å². The molecule has 1 aliphatic rings. The first-order chi connectivity index (χ1) is 14.9. The minimum absolute atomic E-state index is 0.0801. The largest absolute Gasteiger partial charge is 0.504 e. The van der Waals surface area contributed by atoms with E-state index in [9.17, 15) is 9.90 Å². The van der Waals surface area contributed by atoms with E-state index in [-0.39, 0.29) is 16.9 Å². The summed E-state index contributed by atoms with van der Waals surface area (Å²) in [5.74, 6) is 1.34. The van der Waals surface area contributed by atoms with Crippen LogP contribution in [-0.4, -0.2) is 38.6 Å². The van der Waals surface area contributed by atoms with E-state index >= 15 is 0 Å². The van der Waals surface area contributed by atoms with Gasteiger partial charge in [0.15, 0.2) is 11.5 Å². The Morgan fingerprint density at radius 3 is 2.87 bits per heavy atom. The Hall–Kier alpha value is -3.04. The SMILES string of the molecule is COc1cc([C@@H]2SCC(=O)Nc3c2c(C)nn3-c2nc3ccc(C)cc3s2)ccc1O. The molecule has 4 aromatic rings. The number of anilines is 1. The number of thioether (sulfide) groups is 1. The van der Waals surface area contributed by atoms with E-state index < -0.39 is 0 Å². The minimum Gasteiger partial charge on any atom is -0.504 e. The van der Waals surface area contributed by atoms with Crippen LogP contribution in [0.5, 0.6) is 11.5 Å². The molecular weight excluding hydrogens is 432 g/mol. The highest BCUT2D eigenvalue weighted by atomic mass is 32.2. The van der Waals surface area contributed by atoms with Crippen molar-refractivity contribution < 1.29 is 14.6 Å². The van der Waals surface area contributed by atoms with Gasteiger partial charge in [-0.15, -0.1) is 11.8 Å². The van der Waals surface area contributed by atoms with E-state index in [1.807, 2.05) is 31.2 Å². The number of rotatable bonds is 3. The second-order valence-corrected chi connectivity index (χ2v) is 9.50. The fourth-order valence-electron chi connectivity index (χ4n) is 3.75. The summed E-state index contributed by atoms with van der Waals surface area (Å²) in [7, 11) is 1.52. The molecule has 9 heteroatoms. The molecule has 5 rings (SSSR count). The summed E-state index contributed by atoms with van der Waals surface area (Å²) < 4.78 is 8.10. The number of benzene rings is 2. The number of methoxy groups -OCH3 is 1. The van der Waals surface area contributed by atoms with E-state index in [0.29, 0.717) is 22.5 Å². The van der Waals surface area contributed by atoms with Gasteiger partial charge in [-0.2, -0.15) is 9.78 Å². The van der Waals surface area contributed by atoms with Crippen molar-refractivity contribution in [3.63, 3.8) is 0 Å². The van der Waals surface area contributed by atoms with Gasteiger partial charge in [0, 0.05) is 5.56 Å². The molecule has 2 aromatic carbocycles. The highest BCUT2D eigenvalue weighted by Crippen LogP contribution is 2.45. The number of nitrogens with zero attached hydrogens (tertiary/aromatic N) is 3. The molecular formula is C22H20N4O3S2. The summed E-state index contributed by atoms with van der Waals surface area (Å²) in [6, 6.07) is 11.4. The normalized spacial score (nSPS) is 16.1. The van der Waals surface area contributed by atoms with Gasteiger partial charge >= 0.3 is 0 Å². The number of aryl methyl sites for hydroxylation is 2. The third-order valence-corrected chi connectivity index (χ3v) is 7.49. The van der Waals surface area contributed by atoms with Crippen molar-refractivity contribution in [2.45, 2.75) is 19.1 Å². The molecule has 158 valence electrons. The highest BCUT2D eigenvalue weighted by molar-refractivity contribution is 8.00. The number of nitrogens with one attached hydrogen (secondary N) is 1. The summed E-state index contributed by atoms with van der Waals surface area (Å²) in [6.45, 7) is 3.99. The topological polar surface area (TPSA) is 89.3 Å². The maximum Gasteiger partial charge on any atom is 0.235 e. The Morgan fingerprint density at radius 2 is 2.06 bits per heavy atom. The third kappa shape index (κ3) is 3.43. The number of amides is 1. The average molecular weight is 453 g/mol. The van der Waals surface area contributed by atoms with E-state index in [4.69, 9.17) is 14.8 Å². The molecule has 2 N–H and O–H groups in total. The van der Waals surface area contributed by atoms with Crippen molar-refractivity contribution in [3.05, 3.63) is 58.8 Å². The second kappa shape index (κ2) is 7.58. The van der Waals surface area contributed by atoms with Gasteiger partial charge in [-0.25, -0.2) is 4.98 Å². The standard InChI is InChI=1S/C22H20N4O3S2/c1-11-4-6-14-17(8-11)31-22(23-14)26-21-19(12(2)25-26)20(30-10-18(28)24-21)13-5-7-15(27)16(9-13)29-3/h4-9,20,27H,10H2,1-3H3,(H,24,28)/t20-/m0/s1. The predicted octanol–water partition coefficient (Wildman–Crippen LogP) is 4.59. The maximum absolute atomic E-state index is 12.6. The monoisotopic (exact) mass is 452 g/mol. The van der Waals surface area contributed by atoms with Crippen LogP contribution in [0.1, 0.15) is 27.6 Å². The fourth-order valence-corrected chi connectivity index (χ4v) is 5.95. The number of ether oxygens (including phenoxy) is 1. The van der Waals surface area contributed by atoms with Crippen LogP contribution in [0.25, 0.3) is 15.3 Å². The van der Waals surface area contributed by atoms with Gasteiger partial charge in [0.25, 0.3) is 0 Å². The Balaban J connectivity index is 1.67. The van der Waals surface area contributed by atoms with Crippen LogP contribution >= 0.6 is 23.1 Å². The van der Waals surface area contributed by atoms with E-state index in [0.717, 1.165) is 27.0 Å². The molecule has 0 unspecified atom stereocenters. The molecule has 3 heterocycles. The van der Waals surface area contributed by atoms with Crippen molar-refractivity contribution in [2.24, 2.45) is 0 Å². The number of thiazole rings is 1. The summed E-state index contributed by atoms with van der Waals surface area (Å²) in [6.07, 6.45) is 0. The number of phenols is 1. The lowest BCUT2D eigenvalue weighted by molar-refractivity contribution is -0.113. The van der Waals surface area contributed by atoms with Gasteiger partial charge in [0.2, 0.25) is 11.0 Å². The lowest BCUT2D eigenvalue weighted by Gasteiger charge is -2.16. The van der Waals surface area contributed by atoms with Crippen molar-refractivity contribution in [1.82, 2.24) is 14.8 Å². The zero-order valence-electron chi connectivity index (χ0n) is 17.2. The molecule has 7 nitrogen and oxygen atoms in total. The maximum atomic E-state index is 12.6. The van der Waals surface area contributed by atoms with Gasteiger partial charge in [-0.3, -0.25) is 4.79 Å². The van der Waals surface area contributed by atoms with Crippen LogP contribution < -0.4 is 10.1 Å². The Labute approximate surface area is 187 Å². The van der Waals surface area contributed by atoms with Crippen LogP contribution in [0.15, 0.2) is 36.4 Å². The van der Waals surface area contributed by atoms with Gasteiger partial charge in [0.1, 0.15) is 5.82 Å². The van der Waals surface area contributed by atoms with Gasteiger partial charge in [0.05, 0.1) is 34.0 Å². The quantitative estimate of drug-likeness (QED) is 0.473. The van der Waals surface area contributed by atoms with Crippen molar-refractivity contribution in [3.8, 4) is 16.6 Å². The predicted molar refractivity (Wildman–Crippen MR) is 124 cm³/mol. The number of aromatic nitrogens is 3. The molecule has 0 saturated carbocycles. The number of hydrogen-bond donors (Lipinski definition) is 2. The van der Waals surface area contributed by atoms with Gasteiger partial charge in [-0.1, -0.05) is 23.5 Å². The number of hydrogen-bond acceptors (Lipinski definition) is 7. The molecule has 0 saturated heterocycles. The molecule has 0 aliphatic carbocycles. The molecule has 1 aliphatic heterocycles. The molecule has 1 atom stereocenters. The number of phenolic OH excluding ortho intramolecular Hbond substituents is 1. The first kappa shape index (κ1) is 19.9. The number of carbonyl (C=O) groups is 1. The first-order valence-electron chi connectivity index (χ1n) is 9.70. The van der Waals surface area contributed by atoms with Crippen LogP contribution in [0.4, 0.5) is 5.82 Å². The summed E-state index contributed by atoms with van der Waals surface area (Å²) >= 11 is 3.07. The molecule has 1 amide bonds. The van der Waals surface area contributed by atoms with Crippen LogP contribution in [0.3, 0.4) is 0 Å². The molecule has 2 aromatic heterocycles. The number of aromatic hydroxyl groups is 1. The van der Waals surface area contributed by atoms with Gasteiger partial charge < -0.3 is 15.2 Å². The van der Waals surface area contributed by atoms with E-state index in [2.05, 4.69) is 18.3 Å². The lowest BCUT2D eigenvalue weighted by atomic mass is 10.0. The van der Waals surface area contributed by atoms with Crippen molar-refractivity contribution in [1.29, 1.82) is 0 Å².